The zero-order valence-corrected chi connectivity index (χ0v) is 18.3. The van der Waals surface area contributed by atoms with Gasteiger partial charge in [0.2, 0.25) is 17.8 Å². The number of nitrogens with one attached hydrogen (secondary N) is 3. The van der Waals surface area contributed by atoms with E-state index in [1.807, 2.05) is 24.3 Å². The average Bonchev–Trinajstić information content (AvgIpc) is 2.71. The fraction of sp³-hybridized carbons (Fsp3) is 0.240. The first-order chi connectivity index (χ1) is 15.0. The van der Waals surface area contributed by atoms with E-state index in [0.717, 1.165) is 11.4 Å². The first kappa shape index (κ1) is 20.6. The summed E-state index contributed by atoms with van der Waals surface area (Å²) in [5.74, 6) is 1.84. The average molecular weight is 413 g/mol. The van der Waals surface area contributed by atoms with Crippen molar-refractivity contribution in [3.05, 3.63) is 83.5 Å². The minimum absolute atomic E-state index is 0.117. The zero-order valence-electron chi connectivity index (χ0n) is 18.3. The molecule has 1 aliphatic carbocycles. The Hall–Kier alpha value is -3.67. The lowest BCUT2D eigenvalue weighted by molar-refractivity contribution is 0.617. The number of hydrogen-bond acceptors (Lipinski definition) is 6. The van der Waals surface area contributed by atoms with Crippen molar-refractivity contribution in [1.82, 2.24) is 15.0 Å². The van der Waals surface area contributed by atoms with Crippen molar-refractivity contribution < 1.29 is 0 Å². The summed E-state index contributed by atoms with van der Waals surface area (Å²) in [6, 6.07) is 16.4. The van der Waals surface area contributed by atoms with Crippen molar-refractivity contribution in [3.63, 3.8) is 0 Å². The fourth-order valence-corrected chi connectivity index (χ4v) is 3.51. The van der Waals surface area contributed by atoms with Crippen LogP contribution in [0.15, 0.2) is 72.3 Å². The summed E-state index contributed by atoms with van der Waals surface area (Å²) < 4.78 is 0. The van der Waals surface area contributed by atoms with Gasteiger partial charge in [-0.2, -0.15) is 15.0 Å². The standard InChI is InChI=1S/C25H28N6/c1-16-8-5-11-20(14-16)26-23-29-24(27-21-12-6-9-17(2)15-21)31-25(30-23)28-22-13-7-10-18(3)19(22)4/h5-15,19,22H,1-4H3,(H3,26,27,28,29,30,31). The van der Waals surface area contributed by atoms with Gasteiger partial charge in [0.15, 0.2) is 0 Å². The van der Waals surface area contributed by atoms with Crippen LogP contribution in [0.5, 0.6) is 0 Å². The first-order valence-corrected chi connectivity index (χ1v) is 10.5. The molecule has 0 aliphatic heterocycles. The molecule has 158 valence electrons. The number of rotatable bonds is 6. The lowest BCUT2D eigenvalue weighted by Crippen LogP contribution is -2.28. The molecule has 2 unspecified atom stereocenters. The topological polar surface area (TPSA) is 74.8 Å². The maximum atomic E-state index is 4.63. The molecule has 1 heterocycles. The van der Waals surface area contributed by atoms with Crippen LogP contribution >= 0.6 is 0 Å². The van der Waals surface area contributed by atoms with Crippen LogP contribution in [0.25, 0.3) is 0 Å². The molecule has 6 heteroatoms. The summed E-state index contributed by atoms with van der Waals surface area (Å²) in [7, 11) is 0. The smallest absolute Gasteiger partial charge is 0.233 e. The quantitative estimate of drug-likeness (QED) is 0.467. The fourth-order valence-electron chi connectivity index (χ4n) is 3.51. The molecule has 0 radical (unpaired) electrons. The molecule has 0 saturated carbocycles. The van der Waals surface area contributed by atoms with Gasteiger partial charge in [-0.05, 0) is 56.2 Å². The maximum absolute atomic E-state index is 4.63. The number of anilines is 5. The summed E-state index contributed by atoms with van der Waals surface area (Å²) in [6.07, 6.45) is 6.36. The first-order valence-electron chi connectivity index (χ1n) is 10.5. The Labute approximate surface area is 183 Å². The molecule has 0 bridgehead atoms. The predicted molar refractivity (Wildman–Crippen MR) is 128 cm³/mol. The Kier molecular flexibility index (Phi) is 5.98. The highest BCUT2D eigenvalue weighted by Gasteiger charge is 2.20. The van der Waals surface area contributed by atoms with Gasteiger partial charge in [0.25, 0.3) is 0 Å². The number of allylic oxidation sites excluding steroid dienone is 2. The third-order valence-corrected chi connectivity index (χ3v) is 5.41. The van der Waals surface area contributed by atoms with E-state index in [1.54, 1.807) is 0 Å². The number of hydrogen-bond donors (Lipinski definition) is 3. The summed E-state index contributed by atoms with van der Waals surface area (Å²) in [4.78, 5) is 13.9. The van der Waals surface area contributed by atoms with E-state index < -0.39 is 0 Å². The van der Waals surface area contributed by atoms with E-state index in [9.17, 15) is 0 Å². The van der Waals surface area contributed by atoms with Gasteiger partial charge in [-0.1, -0.05) is 55.0 Å². The van der Waals surface area contributed by atoms with Crippen molar-refractivity contribution in [3.8, 4) is 0 Å². The van der Waals surface area contributed by atoms with Crippen LogP contribution in [0.3, 0.4) is 0 Å². The summed E-state index contributed by atoms with van der Waals surface area (Å²) in [5, 5.41) is 10.1. The van der Waals surface area contributed by atoms with Crippen molar-refractivity contribution in [2.45, 2.75) is 33.7 Å². The van der Waals surface area contributed by atoms with Crippen LogP contribution < -0.4 is 16.0 Å². The summed E-state index contributed by atoms with van der Waals surface area (Å²) in [6.45, 7) is 8.46. The molecule has 6 nitrogen and oxygen atoms in total. The molecular weight excluding hydrogens is 384 g/mol. The molecular formula is C25H28N6. The van der Waals surface area contributed by atoms with E-state index >= 15 is 0 Å². The monoisotopic (exact) mass is 412 g/mol. The third kappa shape index (κ3) is 5.28. The van der Waals surface area contributed by atoms with Gasteiger partial charge in [0.05, 0.1) is 6.04 Å². The van der Waals surface area contributed by atoms with Gasteiger partial charge in [-0.25, -0.2) is 0 Å². The second-order valence-electron chi connectivity index (χ2n) is 8.05. The van der Waals surface area contributed by atoms with Crippen LogP contribution in [0.2, 0.25) is 0 Å². The lowest BCUT2D eigenvalue weighted by atomic mass is 9.90. The van der Waals surface area contributed by atoms with Gasteiger partial charge in [0, 0.05) is 17.3 Å². The highest BCUT2D eigenvalue weighted by molar-refractivity contribution is 5.60. The second kappa shape index (κ2) is 9.00. The molecule has 2 aromatic carbocycles. The minimum atomic E-state index is 0.117. The van der Waals surface area contributed by atoms with Crippen molar-refractivity contribution in [2.24, 2.45) is 5.92 Å². The van der Waals surface area contributed by atoms with Gasteiger partial charge in [-0.15, -0.1) is 0 Å². The molecule has 3 N–H and O–H groups in total. The Morgan fingerprint density at radius 1 is 0.742 bits per heavy atom. The van der Waals surface area contributed by atoms with Crippen molar-refractivity contribution >= 4 is 29.2 Å². The van der Waals surface area contributed by atoms with E-state index in [0.29, 0.717) is 23.8 Å². The van der Waals surface area contributed by atoms with Gasteiger partial charge in [0.1, 0.15) is 0 Å². The molecule has 3 aromatic rings. The highest BCUT2D eigenvalue weighted by Crippen LogP contribution is 2.24. The van der Waals surface area contributed by atoms with E-state index in [-0.39, 0.29) is 6.04 Å². The summed E-state index contributed by atoms with van der Waals surface area (Å²) >= 11 is 0. The molecule has 2 atom stereocenters. The predicted octanol–water partition coefficient (Wildman–Crippen LogP) is 5.91. The van der Waals surface area contributed by atoms with E-state index in [2.05, 4.69) is 101 Å². The number of nitrogens with zero attached hydrogens (tertiary/aromatic N) is 3. The van der Waals surface area contributed by atoms with Crippen LogP contribution in [-0.2, 0) is 0 Å². The Bertz CT molecular complexity index is 1070. The largest absolute Gasteiger partial charge is 0.347 e. The second-order valence-corrected chi connectivity index (χ2v) is 8.05. The van der Waals surface area contributed by atoms with Crippen molar-refractivity contribution in [2.75, 3.05) is 16.0 Å². The Balaban J connectivity index is 1.64. The highest BCUT2D eigenvalue weighted by atomic mass is 15.3. The zero-order chi connectivity index (χ0) is 21.8. The maximum Gasteiger partial charge on any atom is 0.233 e. The van der Waals surface area contributed by atoms with Gasteiger partial charge in [-0.3, -0.25) is 0 Å². The van der Waals surface area contributed by atoms with Crippen LogP contribution in [-0.4, -0.2) is 21.0 Å². The number of aryl methyl sites for hydroxylation is 2. The van der Waals surface area contributed by atoms with E-state index in [4.69, 9.17) is 0 Å². The molecule has 4 rings (SSSR count). The van der Waals surface area contributed by atoms with E-state index in [1.165, 1.54) is 16.7 Å². The molecule has 1 aliphatic rings. The SMILES string of the molecule is CC1=CC=CC(Nc2nc(Nc3cccc(C)c3)nc(Nc3cccc(C)c3)n2)C1C. The third-order valence-electron chi connectivity index (χ3n) is 5.41. The Morgan fingerprint density at radius 2 is 1.29 bits per heavy atom. The molecule has 31 heavy (non-hydrogen) atoms. The number of aromatic nitrogens is 3. The summed E-state index contributed by atoms with van der Waals surface area (Å²) in [5.41, 5.74) is 5.52. The lowest BCUT2D eigenvalue weighted by Gasteiger charge is -2.25. The minimum Gasteiger partial charge on any atom is -0.347 e. The molecule has 0 saturated heterocycles. The van der Waals surface area contributed by atoms with Crippen LogP contribution in [0.4, 0.5) is 29.2 Å². The molecule has 0 amide bonds. The van der Waals surface area contributed by atoms with Crippen molar-refractivity contribution in [1.29, 1.82) is 0 Å². The number of benzene rings is 2. The van der Waals surface area contributed by atoms with Crippen LogP contribution in [0.1, 0.15) is 25.0 Å². The molecule has 0 fully saturated rings. The van der Waals surface area contributed by atoms with Gasteiger partial charge < -0.3 is 16.0 Å². The van der Waals surface area contributed by atoms with Crippen LogP contribution in [0, 0.1) is 19.8 Å². The molecule has 1 aromatic heterocycles. The molecule has 0 spiro atoms. The normalized spacial score (nSPS) is 17.7. The Morgan fingerprint density at radius 3 is 1.84 bits per heavy atom. The van der Waals surface area contributed by atoms with Gasteiger partial charge >= 0.3 is 0 Å².